The van der Waals surface area contributed by atoms with E-state index in [2.05, 4.69) is 108 Å². The third kappa shape index (κ3) is 8.86. The van der Waals surface area contributed by atoms with Crippen molar-refractivity contribution >= 4 is 32.7 Å². The SMILES string of the molecule is CCCCCCCCC(CCCCCC)CS1(c2ccc(CCCCCC)cc2)c2cc(C)sc2-c2sc(C(C)(C)C)cc21. The summed E-state index contributed by atoms with van der Waals surface area (Å²) in [6, 6.07) is 15.5. The molecule has 1 aliphatic rings. The average molecular weight is 653 g/mol. The molecule has 2 atom stereocenters. The summed E-state index contributed by atoms with van der Waals surface area (Å²) >= 11 is 4.18. The van der Waals surface area contributed by atoms with Crippen LogP contribution in [-0.2, 0) is 11.8 Å². The first-order chi connectivity index (χ1) is 21.2. The molecule has 2 aromatic heterocycles. The maximum absolute atomic E-state index is 2.69. The number of thiophene rings is 2. The van der Waals surface area contributed by atoms with Gasteiger partial charge in [-0.25, -0.2) is 0 Å². The van der Waals surface area contributed by atoms with E-state index in [-0.39, 0.29) is 5.41 Å². The molecule has 0 fully saturated rings. The van der Waals surface area contributed by atoms with Gasteiger partial charge in [-0.2, -0.15) is 10.0 Å². The molecule has 0 aliphatic carbocycles. The van der Waals surface area contributed by atoms with Gasteiger partial charge < -0.3 is 0 Å². The second-order valence-corrected chi connectivity index (χ2v) is 20.2. The van der Waals surface area contributed by atoms with Gasteiger partial charge in [0.15, 0.2) is 0 Å². The standard InChI is InChI=1S/C41H64S3/c1-8-11-14-17-18-21-24-34(23-20-16-13-10-3)31-44(35-27-25-33(26-28-35)22-19-15-12-9-2)36-29-32(4)42-39(36)40-37(44)30-38(43-40)41(5,6)7/h25-30,34H,8-24,31H2,1-7H3. The maximum Gasteiger partial charge on any atom is 0.0584 e. The lowest BCUT2D eigenvalue weighted by atomic mass is 9.95. The molecule has 1 aliphatic heterocycles. The topological polar surface area (TPSA) is 0 Å². The predicted molar refractivity (Wildman–Crippen MR) is 203 cm³/mol. The zero-order valence-corrected chi connectivity index (χ0v) is 31.9. The van der Waals surface area contributed by atoms with Crippen LogP contribution in [0.4, 0.5) is 0 Å². The Labute approximate surface area is 282 Å². The Morgan fingerprint density at radius 1 is 0.636 bits per heavy atom. The highest BCUT2D eigenvalue weighted by atomic mass is 32.3. The first-order valence-electron chi connectivity index (χ1n) is 18.4. The third-order valence-electron chi connectivity index (χ3n) is 9.78. The van der Waals surface area contributed by atoms with Crippen LogP contribution in [-0.4, -0.2) is 5.75 Å². The second kappa shape index (κ2) is 17.2. The number of unbranched alkanes of at least 4 members (excludes halogenated alkanes) is 11. The smallest absolute Gasteiger partial charge is 0.0584 e. The van der Waals surface area contributed by atoms with Crippen LogP contribution in [0.15, 0.2) is 51.1 Å². The van der Waals surface area contributed by atoms with Crippen molar-refractivity contribution in [2.24, 2.45) is 5.92 Å². The highest BCUT2D eigenvalue weighted by Crippen LogP contribution is 2.79. The zero-order chi connectivity index (χ0) is 31.6. The van der Waals surface area contributed by atoms with Crippen LogP contribution in [0.25, 0.3) is 9.75 Å². The van der Waals surface area contributed by atoms with Crippen molar-refractivity contribution in [3.63, 3.8) is 0 Å². The van der Waals surface area contributed by atoms with Gasteiger partial charge in [0.25, 0.3) is 0 Å². The normalized spacial score (nSPS) is 18.2. The van der Waals surface area contributed by atoms with Crippen LogP contribution in [0, 0.1) is 12.8 Å². The van der Waals surface area contributed by atoms with E-state index in [0.29, 0.717) is 0 Å². The number of rotatable bonds is 20. The number of benzene rings is 1. The second-order valence-electron chi connectivity index (χ2n) is 14.7. The van der Waals surface area contributed by atoms with E-state index in [1.165, 1.54) is 125 Å². The van der Waals surface area contributed by atoms with Crippen molar-refractivity contribution in [3.05, 3.63) is 51.7 Å². The van der Waals surface area contributed by atoms with Crippen LogP contribution in [0.5, 0.6) is 0 Å². The minimum Gasteiger partial charge on any atom is -0.157 e. The molecule has 0 N–H and O–H groups in total. The number of aryl methyl sites for hydroxylation is 2. The quantitative estimate of drug-likeness (QED) is 0.107. The minimum atomic E-state index is -1.30. The Balaban J connectivity index is 1.73. The molecule has 44 heavy (non-hydrogen) atoms. The molecule has 0 saturated heterocycles. The van der Waals surface area contributed by atoms with Gasteiger partial charge in [0.1, 0.15) is 0 Å². The van der Waals surface area contributed by atoms with Gasteiger partial charge in [0, 0.05) is 19.5 Å². The van der Waals surface area contributed by atoms with Gasteiger partial charge in [0.05, 0.1) is 9.75 Å². The molecule has 0 radical (unpaired) electrons. The van der Waals surface area contributed by atoms with Gasteiger partial charge in [-0.15, -0.1) is 22.7 Å². The van der Waals surface area contributed by atoms with E-state index < -0.39 is 10.0 Å². The molecule has 3 heterocycles. The molecule has 0 bridgehead atoms. The summed E-state index contributed by atoms with van der Waals surface area (Å²) < 4.78 is 0. The van der Waals surface area contributed by atoms with Crippen LogP contribution >= 0.6 is 32.7 Å². The Bertz CT molecular complexity index is 1250. The highest BCUT2D eigenvalue weighted by molar-refractivity contribution is 8.34. The van der Waals surface area contributed by atoms with Crippen molar-refractivity contribution in [1.29, 1.82) is 0 Å². The molecular weight excluding hydrogens is 589 g/mol. The minimum absolute atomic E-state index is 0.188. The summed E-state index contributed by atoms with van der Waals surface area (Å²) in [6.45, 7) is 16.6. The summed E-state index contributed by atoms with van der Waals surface area (Å²) in [5.41, 5.74) is 1.72. The van der Waals surface area contributed by atoms with Crippen LogP contribution < -0.4 is 0 Å². The lowest BCUT2D eigenvalue weighted by Crippen LogP contribution is -2.15. The van der Waals surface area contributed by atoms with Gasteiger partial charge in [-0.3, -0.25) is 0 Å². The predicted octanol–water partition coefficient (Wildman–Crippen LogP) is 15.1. The molecule has 3 aromatic rings. The highest BCUT2D eigenvalue weighted by Gasteiger charge is 2.45. The zero-order valence-electron chi connectivity index (χ0n) is 29.5. The maximum atomic E-state index is 2.69. The molecular formula is C41H64S3. The van der Waals surface area contributed by atoms with Crippen LogP contribution in [0.1, 0.15) is 160 Å². The number of fused-ring (bicyclic) bond motifs is 3. The molecule has 3 heteroatoms. The summed E-state index contributed by atoms with van der Waals surface area (Å²) in [5.74, 6) is 2.15. The molecule has 0 spiro atoms. The number of hydrogen-bond donors (Lipinski definition) is 0. The molecule has 246 valence electrons. The Morgan fingerprint density at radius 3 is 1.77 bits per heavy atom. The van der Waals surface area contributed by atoms with Crippen molar-refractivity contribution in [2.75, 3.05) is 5.75 Å². The first kappa shape index (κ1) is 35.8. The van der Waals surface area contributed by atoms with Gasteiger partial charge in [-0.05, 0) is 84.4 Å². The van der Waals surface area contributed by atoms with Crippen molar-refractivity contribution in [2.45, 2.75) is 178 Å². The lowest BCUT2D eigenvalue weighted by Gasteiger charge is -2.41. The lowest BCUT2D eigenvalue weighted by molar-refractivity contribution is 0.438. The van der Waals surface area contributed by atoms with Crippen molar-refractivity contribution in [3.8, 4) is 9.75 Å². The van der Waals surface area contributed by atoms with E-state index in [9.17, 15) is 0 Å². The van der Waals surface area contributed by atoms with Crippen molar-refractivity contribution < 1.29 is 0 Å². The molecule has 0 amide bonds. The van der Waals surface area contributed by atoms with E-state index in [1.54, 1.807) is 29.3 Å². The van der Waals surface area contributed by atoms with E-state index in [4.69, 9.17) is 0 Å². The van der Waals surface area contributed by atoms with Crippen LogP contribution in [0.2, 0.25) is 0 Å². The Hall–Kier alpha value is -1.03. The van der Waals surface area contributed by atoms with E-state index in [1.807, 2.05) is 0 Å². The fraction of sp³-hybridized carbons (Fsp3) is 0.659. The Kier molecular flexibility index (Phi) is 14.0. The van der Waals surface area contributed by atoms with E-state index in [0.717, 1.165) is 5.92 Å². The fourth-order valence-corrected chi connectivity index (χ4v) is 15.1. The third-order valence-corrected chi connectivity index (χ3v) is 17.0. The molecule has 0 nitrogen and oxygen atoms in total. The van der Waals surface area contributed by atoms with Gasteiger partial charge in [-0.1, -0.05) is 137 Å². The summed E-state index contributed by atoms with van der Waals surface area (Å²) in [7, 11) is -1.30. The molecule has 4 rings (SSSR count). The summed E-state index contributed by atoms with van der Waals surface area (Å²) in [4.78, 5) is 11.3. The molecule has 2 unspecified atom stereocenters. The van der Waals surface area contributed by atoms with Crippen molar-refractivity contribution in [1.82, 2.24) is 0 Å². The van der Waals surface area contributed by atoms with Gasteiger partial charge in [0.2, 0.25) is 0 Å². The van der Waals surface area contributed by atoms with E-state index >= 15 is 0 Å². The van der Waals surface area contributed by atoms with Crippen LogP contribution in [0.3, 0.4) is 0 Å². The largest absolute Gasteiger partial charge is 0.157 e. The first-order valence-corrected chi connectivity index (χ1v) is 21.8. The van der Waals surface area contributed by atoms with Gasteiger partial charge >= 0.3 is 0 Å². The Morgan fingerprint density at radius 2 is 1.16 bits per heavy atom. The number of hydrogen-bond acceptors (Lipinski definition) is 2. The average Bonchev–Trinajstić information content (AvgIpc) is 3.67. The molecule has 0 saturated carbocycles. The fourth-order valence-electron chi connectivity index (χ4n) is 7.10. The summed E-state index contributed by atoms with van der Waals surface area (Å²) in [5, 5.41) is 0. The monoisotopic (exact) mass is 652 g/mol. The molecule has 1 aromatic carbocycles. The summed E-state index contributed by atoms with van der Waals surface area (Å²) in [6.07, 6.45) is 23.3.